The van der Waals surface area contributed by atoms with Crippen molar-refractivity contribution in [3.05, 3.63) is 59.3 Å². The fourth-order valence-electron chi connectivity index (χ4n) is 3.22. The third-order valence-corrected chi connectivity index (χ3v) is 4.95. The lowest BCUT2D eigenvalue weighted by Crippen LogP contribution is -2.46. The van der Waals surface area contributed by atoms with Gasteiger partial charge in [-0.3, -0.25) is 4.90 Å². The summed E-state index contributed by atoms with van der Waals surface area (Å²) in [6.45, 7) is 4.70. The van der Waals surface area contributed by atoms with Crippen molar-refractivity contribution < 1.29 is 4.42 Å². The Labute approximate surface area is 168 Å². The number of nitrogens with one attached hydrogen (secondary N) is 1. The molecule has 0 unspecified atom stereocenters. The third kappa shape index (κ3) is 4.52. The van der Waals surface area contributed by atoms with E-state index in [2.05, 4.69) is 36.1 Å². The van der Waals surface area contributed by atoms with E-state index in [0.29, 0.717) is 24.9 Å². The van der Waals surface area contributed by atoms with Crippen LogP contribution in [-0.4, -0.2) is 46.0 Å². The van der Waals surface area contributed by atoms with Crippen LogP contribution >= 0.6 is 11.6 Å². The van der Waals surface area contributed by atoms with Gasteiger partial charge in [0.2, 0.25) is 11.9 Å². The van der Waals surface area contributed by atoms with Crippen LogP contribution in [0.15, 0.2) is 47.1 Å². The van der Waals surface area contributed by atoms with Crippen LogP contribution in [0.2, 0.25) is 5.02 Å². The molecule has 1 aromatic carbocycles. The zero-order valence-electron chi connectivity index (χ0n) is 15.4. The smallest absolute Gasteiger partial charge is 0.228 e. The molecule has 2 aromatic heterocycles. The molecule has 0 radical (unpaired) electrons. The number of furan rings is 1. The Bertz CT molecular complexity index is 910. The van der Waals surface area contributed by atoms with Gasteiger partial charge >= 0.3 is 0 Å². The number of nitrogens with zero attached hydrogens (tertiary/aromatic N) is 5. The number of benzene rings is 1. The van der Waals surface area contributed by atoms with Crippen molar-refractivity contribution in [3.8, 4) is 0 Å². The molecule has 3 N–H and O–H groups in total. The van der Waals surface area contributed by atoms with E-state index in [0.717, 1.165) is 42.6 Å². The number of piperazine rings is 1. The van der Waals surface area contributed by atoms with Crippen LogP contribution in [-0.2, 0) is 13.1 Å². The highest BCUT2D eigenvalue weighted by Gasteiger charge is 2.20. The predicted molar refractivity (Wildman–Crippen MR) is 109 cm³/mol. The minimum atomic E-state index is 0.210. The standard InChI is InChI=1S/C19H22ClN7O/c20-15-5-1-2-6-16(15)27-9-7-26(8-10-27)13-17-23-18(21)25-19(24-17)22-12-14-4-3-11-28-14/h1-6,11H,7-10,12-13H2,(H3,21,22,23,24,25). The molecular formula is C19H22ClN7O. The first-order valence-electron chi connectivity index (χ1n) is 9.16. The zero-order chi connectivity index (χ0) is 19.3. The van der Waals surface area contributed by atoms with Crippen LogP contribution in [0.3, 0.4) is 0 Å². The van der Waals surface area contributed by atoms with Gasteiger partial charge < -0.3 is 20.4 Å². The summed E-state index contributed by atoms with van der Waals surface area (Å²) in [7, 11) is 0. The minimum absolute atomic E-state index is 0.210. The lowest BCUT2D eigenvalue weighted by Gasteiger charge is -2.36. The largest absolute Gasteiger partial charge is 0.467 e. The fourth-order valence-corrected chi connectivity index (χ4v) is 3.48. The minimum Gasteiger partial charge on any atom is -0.467 e. The van der Waals surface area contributed by atoms with Crippen molar-refractivity contribution in [1.29, 1.82) is 0 Å². The zero-order valence-corrected chi connectivity index (χ0v) is 16.1. The topological polar surface area (TPSA) is 96.3 Å². The van der Waals surface area contributed by atoms with E-state index < -0.39 is 0 Å². The van der Waals surface area contributed by atoms with Gasteiger partial charge in [0.25, 0.3) is 0 Å². The Morgan fingerprint density at radius 2 is 1.86 bits per heavy atom. The summed E-state index contributed by atoms with van der Waals surface area (Å²) in [5.74, 6) is 2.12. The van der Waals surface area contributed by atoms with Crippen molar-refractivity contribution in [2.24, 2.45) is 0 Å². The average molecular weight is 400 g/mol. The summed E-state index contributed by atoms with van der Waals surface area (Å²) in [5.41, 5.74) is 6.94. The highest BCUT2D eigenvalue weighted by Crippen LogP contribution is 2.26. The summed E-state index contributed by atoms with van der Waals surface area (Å²) in [6.07, 6.45) is 1.63. The molecule has 3 heterocycles. The number of hydrogen-bond donors (Lipinski definition) is 2. The van der Waals surface area contributed by atoms with Crippen molar-refractivity contribution in [1.82, 2.24) is 19.9 Å². The second kappa shape index (κ2) is 8.45. The van der Waals surface area contributed by atoms with Crippen LogP contribution in [0, 0.1) is 0 Å². The molecule has 1 saturated heterocycles. The second-order valence-corrected chi connectivity index (χ2v) is 6.99. The number of aromatic nitrogens is 3. The van der Waals surface area contributed by atoms with Crippen molar-refractivity contribution >= 4 is 29.2 Å². The number of para-hydroxylation sites is 1. The molecule has 0 spiro atoms. The van der Waals surface area contributed by atoms with E-state index in [9.17, 15) is 0 Å². The maximum atomic E-state index is 6.32. The normalized spacial score (nSPS) is 15.0. The summed E-state index contributed by atoms with van der Waals surface area (Å²) < 4.78 is 5.30. The quantitative estimate of drug-likeness (QED) is 0.653. The van der Waals surface area contributed by atoms with Gasteiger partial charge in [0.15, 0.2) is 0 Å². The number of nitrogen functional groups attached to an aromatic ring is 1. The first kappa shape index (κ1) is 18.5. The predicted octanol–water partition coefficient (Wildman–Crippen LogP) is 2.63. The second-order valence-electron chi connectivity index (χ2n) is 6.58. The highest BCUT2D eigenvalue weighted by atomic mass is 35.5. The average Bonchev–Trinajstić information content (AvgIpc) is 3.21. The van der Waals surface area contributed by atoms with E-state index in [1.54, 1.807) is 6.26 Å². The van der Waals surface area contributed by atoms with Crippen molar-refractivity contribution in [3.63, 3.8) is 0 Å². The lowest BCUT2D eigenvalue weighted by atomic mass is 10.2. The molecule has 4 rings (SSSR count). The summed E-state index contributed by atoms with van der Waals surface area (Å²) in [5, 5.41) is 3.91. The molecule has 0 aliphatic carbocycles. The molecule has 0 saturated carbocycles. The van der Waals surface area contributed by atoms with Crippen molar-refractivity contribution in [2.75, 3.05) is 42.1 Å². The van der Waals surface area contributed by atoms with Crippen LogP contribution in [0.25, 0.3) is 0 Å². The Morgan fingerprint density at radius 1 is 1.04 bits per heavy atom. The van der Waals surface area contributed by atoms with E-state index in [1.165, 1.54) is 0 Å². The SMILES string of the molecule is Nc1nc(CN2CCN(c3ccccc3Cl)CC2)nc(NCc2ccco2)n1. The molecule has 8 nitrogen and oxygen atoms in total. The Kier molecular flexibility index (Phi) is 5.59. The van der Waals surface area contributed by atoms with Gasteiger partial charge in [0.05, 0.1) is 30.1 Å². The van der Waals surface area contributed by atoms with Crippen LogP contribution in [0.5, 0.6) is 0 Å². The first-order chi connectivity index (χ1) is 13.7. The van der Waals surface area contributed by atoms with Crippen LogP contribution in [0.4, 0.5) is 17.6 Å². The molecule has 28 heavy (non-hydrogen) atoms. The molecule has 1 fully saturated rings. The molecule has 0 bridgehead atoms. The summed E-state index contributed by atoms with van der Waals surface area (Å²) >= 11 is 6.32. The molecule has 3 aromatic rings. The Balaban J connectivity index is 1.35. The van der Waals surface area contributed by atoms with E-state index in [-0.39, 0.29) is 5.95 Å². The van der Waals surface area contributed by atoms with Gasteiger partial charge in [0.1, 0.15) is 11.6 Å². The van der Waals surface area contributed by atoms with Gasteiger partial charge in [0, 0.05) is 26.2 Å². The fraction of sp³-hybridized carbons (Fsp3) is 0.316. The Morgan fingerprint density at radius 3 is 2.61 bits per heavy atom. The number of hydrogen-bond acceptors (Lipinski definition) is 8. The molecule has 0 amide bonds. The number of halogens is 1. The van der Waals surface area contributed by atoms with Crippen LogP contribution < -0.4 is 16.0 Å². The van der Waals surface area contributed by atoms with Gasteiger partial charge in [-0.1, -0.05) is 23.7 Å². The molecule has 9 heteroatoms. The Hall–Kier alpha value is -2.84. The van der Waals surface area contributed by atoms with Gasteiger partial charge in [-0.15, -0.1) is 0 Å². The highest BCUT2D eigenvalue weighted by molar-refractivity contribution is 6.33. The van der Waals surface area contributed by atoms with Crippen LogP contribution in [0.1, 0.15) is 11.6 Å². The van der Waals surface area contributed by atoms with E-state index >= 15 is 0 Å². The molecule has 0 atom stereocenters. The maximum Gasteiger partial charge on any atom is 0.228 e. The lowest BCUT2D eigenvalue weighted by molar-refractivity contribution is 0.244. The van der Waals surface area contributed by atoms with E-state index in [4.69, 9.17) is 21.8 Å². The molecule has 1 aliphatic rings. The summed E-state index contributed by atoms with van der Waals surface area (Å²) in [4.78, 5) is 17.5. The van der Waals surface area contributed by atoms with Gasteiger partial charge in [-0.2, -0.15) is 15.0 Å². The van der Waals surface area contributed by atoms with E-state index in [1.807, 2.05) is 30.3 Å². The van der Waals surface area contributed by atoms with Gasteiger partial charge in [-0.25, -0.2) is 0 Å². The number of anilines is 3. The first-order valence-corrected chi connectivity index (χ1v) is 9.54. The van der Waals surface area contributed by atoms with Gasteiger partial charge in [-0.05, 0) is 24.3 Å². The monoisotopic (exact) mass is 399 g/mol. The number of nitrogens with two attached hydrogens (primary N) is 1. The maximum absolute atomic E-state index is 6.32. The molecule has 1 aliphatic heterocycles. The molecular weight excluding hydrogens is 378 g/mol. The third-order valence-electron chi connectivity index (χ3n) is 4.63. The number of rotatable bonds is 6. The molecule has 146 valence electrons. The van der Waals surface area contributed by atoms with Crippen molar-refractivity contribution in [2.45, 2.75) is 13.1 Å². The summed E-state index contributed by atoms with van der Waals surface area (Å²) in [6, 6.07) is 11.7.